The predicted molar refractivity (Wildman–Crippen MR) is 69.4 cm³/mol. The zero-order valence-corrected chi connectivity index (χ0v) is 11.1. The topological polar surface area (TPSA) is 95.5 Å². The van der Waals surface area contributed by atoms with Crippen molar-refractivity contribution in [2.24, 2.45) is 0 Å². The fourth-order valence-corrected chi connectivity index (χ4v) is 2.21. The monoisotopic (exact) mass is 282 g/mol. The Balaban J connectivity index is 1.91. The minimum absolute atomic E-state index is 0.0974. The molecule has 1 aromatic heterocycles. The lowest BCUT2D eigenvalue weighted by atomic mass is 10.3. The van der Waals surface area contributed by atoms with Crippen LogP contribution in [0.15, 0.2) is 12.1 Å². The van der Waals surface area contributed by atoms with Crippen molar-refractivity contribution >= 4 is 29.1 Å². The third kappa shape index (κ3) is 3.54. The zero-order valence-electron chi connectivity index (χ0n) is 10.3. The van der Waals surface area contributed by atoms with E-state index < -0.39 is 17.9 Å². The summed E-state index contributed by atoms with van der Waals surface area (Å²) in [7, 11) is 0. The number of carbonyl (C=O) groups is 3. The van der Waals surface area contributed by atoms with Crippen molar-refractivity contribution in [1.29, 1.82) is 0 Å². The second-order valence-corrected chi connectivity index (χ2v) is 5.53. The molecule has 1 unspecified atom stereocenters. The Bertz CT molecular complexity index is 522. The van der Waals surface area contributed by atoms with E-state index in [1.54, 1.807) is 6.92 Å². The fraction of sp³-hybridized carbons (Fsp3) is 0.417. The number of amides is 2. The van der Waals surface area contributed by atoms with E-state index in [9.17, 15) is 14.4 Å². The van der Waals surface area contributed by atoms with Gasteiger partial charge in [0.15, 0.2) is 0 Å². The smallest absolute Gasteiger partial charge is 0.345 e. The average Bonchev–Trinajstić information content (AvgIpc) is 3.01. The minimum Gasteiger partial charge on any atom is -0.477 e. The van der Waals surface area contributed by atoms with Gasteiger partial charge in [0.2, 0.25) is 5.91 Å². The van der Waals surface area contributed by atoms with E-state index in [1.807, 2.05) is 0 Å². The first-order chi connectivity index (χ1) is 8.97. The molecule has 0 radical (unpaired) electrons. The number of hydrogen-bond donors (Lipinski definition) is 3. The largest absolute Gasteiger partial charge is 0.477 e. The summed E-state index contributed by atoms with van der Waals surface area (Å²) in [6, 6.07) is 2.42. The SMILES string of the molecule is CC(NC(=O)c1ccc(C(=O)O)s1)C(=O)NC1CC1. The van der Waals surface area contributed by atoms with Gasteiger partial charge in [0, 0.05) is 6.04 Å². The third-order valence-electron chi connectivity index (χ3n) is 2.71. The first-order valence-electron chi connectivity index (χ1n) is 5.91. The summed E-state index contributed by atoms with van der Waals surface area (Å²) in [5, 5.41) is 14.1. The molecule has 0 spiro atoms. The van der Waals surface area contributed by atoms with Crippen molar-refractivity contribution in [1.82, 2.24) is 10.6 Å². The highest BCUT2D eigenvalue weighted by atomic mass is 32.1. The maximum Gasteiger partial charge on any atom is 0.345 e. The Morgan fingerprint density at radius 2 is 1.95 bits per heavy atom. The molecule has 7 heteroatoms. The molecule has 0 aromatic carbocycles. The summed E-state index contributed by atoms with van der Waals surface area (Å²) < 4.78 is 0. The maximum atomic E-state index is 11.8. The van der Waals surface area contributed by atoms with Gasteiger partial charge in [0.25, 0.3) is 5.91 Å². The van der Waals surface area contributed by atoms with E-state index in [4.69, 9.17) is 5.11 Å². The van der Waals surface area contributed by atoms with Crippen LogP contribution in [0.5, 0.6) is 0 Å². The zero-order chi connectivity index (χ0) is 14.0. The molecule has 2 rings (SSSR count). The van der Waals surface area contributed by atoms with Crippen LogP contribution in [0.25, 0.3) is 0 Å². The number of aromatic carboxylic acids is 1. The molecule has 0 bridgehead atoms. The number of hydrogen-bond acceptors (Lipinski definition) is 4. The van der Waals surface area contributed by atoms with E-state index in [1.165, 1.54) is 12.1 Å². The molecular formula is C12H14N2O4S. The van der Waals surface area contributed by atoms with Crippen molar-refractivity contribution < 1.29 is 19.5 Å². The molecule has 102 valence electrons. The van der Waals surface area contributed by atoms with Gasteiger partial charge in [0.05, 0.1) is 4.88 Å². The predicted octanol–water partition coefficient (Wildman–Crippen LogP) is 0.843. The lowest BCUT2D eigenvalue weighted by Gasteiger charge is -2.12. The summed E-state index contributed by atoms with van der Waals surface area (Å²) >= 11 is 0.886. The van der Waals surface area contributed by atoms with Crippen molar-refractivity contribution in [3.05, 3.63) is 21.9 Å². The summed E-state index contributed by atoms with van der Waals surface area (Å²) in [6.07, 6.45) is 1.97. The van der Waals surface area contributed by atoms with Gasteiger partial charge in [0.1, 0.15) is 10.9 Å². The van der Waals surface area contributed by atoms with Crippen LogP contribution in [0.1, 0.15) is 39.1 Å². The molecular weight excluding hydrogens is 268 g/mol. The van der Waals surface area contributed by atoms with Gasteiger partial charge in [-0.2, -0.15) is 0 Å². The minimum atomic E-state index is -1.07. The lowest BCUT2D eigenvalue weighted by molar-refractivity contribution is -0.122. The Hall–Kier alpha value is -1.89. The summed E-state index contributed by atoms with van der Waals surface area (Å²) in [6.45, 7) is 1.60. The molecule has 19 heavy (non-hydrogen) atoms. The van der Waals surface area contributed by atoms with Gasteiger partial charge >= 0.3 is 5.97 Å². The lowest BCUT2D eigenvalue weighted by Crippen LogP contribution is -2.45. The molecule has 3 N–H and O–H groups in total. The van der Waals surface area contributed by atoms with Gasteiger partial charge in [-0.3, -0.25) is 9.59 Å². The first-order valence-corrected chi connectivity index (χ1v) is 6.73. The number of rotatable bonds is 5. The number of carbonyl (C=O) groups excluding carboxylic acids is 2. The molecule has 1 heterocycles. The summed E-state index contributed by atoms with van der Waals surface area (Å²) in [5.74, 6) is -1.72. The van der Waals surface area contributed by atoms with Crippen molar-refractivity contribution in [2.75, 3.05) is 0 Å². The summed E-state index contributed by atoms with van der Waals surface area (Å²) in [5.41, 5.74) is 0. The van der Waals surface area contributed by atoms with Crippen molar-refractivity contribution in [3.63, 3.8) is 0 Å². The van der Waals surface area contributed by atoms with Gasteiger partial charge in [-0.25, -0.2) is 4.79 Å². The Labute approximate surface area is 113 Å². The highest BCUT2D eigenvalue weighted by Crippen LogP contribution is 2.19. The maximum absolute atomic E-state index is 11.8. The second-order valence-electron chi connectivity index (χ2n) is 4.45. The Kier molecular flexibility index (Phi) is 3.84. The molecule has 1 fully saturated rings. The highest BCUT2D eigenvalue weighted by Gasteiger charge is 2.26. The van der Waals surface area contributed by atoms with Gasteiger partial charge in [-0.1, -0.05) is 0 Å². The number of carboxylic acids is 1. The van der Waals surface area contributed by atoms with E-state index >= 15 is 0 Å². The Morgan fingerprint density at radius 3 is 2.47 bits per heavy atom. The molecule has 6 nitrogen and oxygen atoms in total. The van der Waals surface area contributed by atoms with E-state index in [0.717, 1.165) is 24.2 Å². The number of thiophene rings is 1. The van der Waals surface area contributed by atoms with Crippen LogP contribution in [0.2, 0.25) is 0 Å². The van der Waals surface area contributed by atoms with Crippen LogP contribution in [0.4, 0.5) is 0 Å². The molecule has 1 saturated carbocycles. The molecule has 1 aliphatic carbocycles. The quantitative estimate of drug-likeness (QED) is 0.746. The molecule has 2 amide bonds. The van der Waals surface area contributed by atoms with E-state index in [-0.39, 0.29) is 21.7 Å². The first kappa shape index (κ1) is 13.5. The fourth-order valence-electron chi connectivity index (χ4n) is 1.46. The van der Waals surface area contributed by atoms with Crippen molar-refractivity contribution in [3.8, 4) is 0 Å². The average molecular weight is 282 g/mol. The Morgan fingerprint density at radius 1 is 1.32 bits per heavy atom. The third-order valence-corrected chi connectivity index (χ3v) is 3.78. The van der Waals surface area contributed by atoms with E-state index in [0.29, 0.717) is 0 Å². The van der Waals surface area contributed by atoms with Gasteiger partial charge in [-0.05, 0) is 31.9 Å². The number of nitrogens with one attached hydrogen (secondary N) is 2. The van der Waals surface area contributed by atoms with Crippen LogP contribution in [-0.2, 0) is 4.79 Å². The van der Waals surface area contributed by atoms with Crippen LogP contribution in [0, 0.1) is 0 Å². The van der Waals surface area contributed by atoms with Crippen LogP contribution in [-0.4, -0.2) is 35.0 Å². The molecule has 1 aliphatic rings. The molecule has 1 aromatic rings. The van der Waals surface area contributed by atoms with E-state index in [2.05, 4.69) is 10.6 Å². The van der Waals surface area contributed by atoms with Gasteiger partial charge in [-0.15, -0.1) is 11.3 Å². The van der Waals surface area contributed by atoms with Gasteiger partial charge < -0.3 is 15.7 Å². The standard InChI is InChI=1S/C12H14N2O4S/c1-6(10(15)14-7-2-3-7)13-11(16)8-4-5-9(19-8)12(17)18/h4-7H,2-3H2,1H3,(H,13,16)(H,14,15)(H,17,18). The highest BCUT2D eigenvalue weighted by molar-refractivity contribution is 7.15. The van der Waals surface area contributed by atoms with Crippen LogP contribution < -0.4 is 10.6 Å². The van der Waals surface area contributed by atoms with Crippen LogP contribution in [0.3, 0.4) is 0 Å². The summed E-state index contributed by atoms with van der Waals surface area (Å²) in [4.78, 5) is 34.6. The second kappa shape index (κ2) is 5.40. The molecule has 0 aliphatic heterocycles. The molecule has 0 saturated heterocycles. The van der Waals surface area contributed by atoms with Crippen molar-refractivity contribution in [2.45, 2.75) is 31.8 Å². The normalized spacial score (nSPS) is 15.6. The number of carboxylic acid groups (broad SMARTS) is 1. The molecule has 1 atom stereocenters. The van der Waals surface area contributed by atoms with Crippen LogP contribution >= 0.6 is 11.3 Å².